The Bertz CT molecular complexity index is 88.9. The summed E-state index contributed by atoms with van der Waals surface area (Å²) in [6, 6.07) is 0. The van der Waals surface area contributed by atoms with Crippen LogP contribution in [0.2, 0.25) is 0 Å². The summed E-state index contributed by atoms with van der Waals surface area (Å²) < 4.78 is 0. The van der Waals surface area contributed by atoms with Crippen molar-refractivity contribution in [2.75, 3.05) is 0 Å². The second-order valence-electron chi connectivity index (χ2n) is 0.796. The van der Waals surface area contributed by atoms with Gasteiger partial charge in [-0.05, 0) is 0 Å². The monoisotopic (exact) mass is 102 g/mol. The third kappa shape index (κ3) is 2.78. The van der Waals surface area contributed by atoms with Gasteiger partial charge in [-0.25, -0.2) is 4.79 Å². The molecule has 0 bridgehead atoms. The van der Waals surface area contributed by atoms with Gasteiger partial charge in [-0.15, -0.1) is 0 Å². The van der Waals surface area contributed by atoms with Crippen LogP contribution < -0.4 is 11.6 Å². The maximum Gasteiger partial charge on any atom is 0.350 e. The minimum Gasteiger partial charge on any atom is -0.404 e. The van der Waals surface area contributed by atoms with Crippen molar-refractivity contribution >= 4 is 5.97 Å². The summed E-state index contributed by atoms with van der Waals surface area (Å²) in [7, 11) is 0. The van der Waals surface area contributed by atoms with Crippen molar-refractivity contribution in [3.05, 3.63) is 12.3 Å². The summed E-state index contributed by atoms with van der Waals surface area (Å²) in [6.45, 7) is 0. The normalized spacial score (nSPS) is 9.29. The molecule has 0 aliphatic rings. The number of hydrogen-bond acceptors (Lipinski definition) is 4. The van der Waals surface area contributed by atoms with Crippen molar-refractivity contribution < 1.29 is 9.63 Å². The molecule has 4 N–H and O–H groups in total. The highest BCUT2D eigenvalue weighted by atomic mass is 16.7. The van der Waals surface area contributed by atoms with Crippen LogP contribution in [0.4, 0.5) is 0 Å². The van der Waals surface area contributed by atoms with Crippen molar-refractivity contribution in [1.82, 2.24) is 0 Å². The molecule has 0 saturated carbocycles. The van der Waals surface area contributed by atoms with Gasteiger partial charge in [0.05, 0.1) is 0 Å². The van der Waals surface area contributed by atoms with Gasteiger partial charge in [0.15, 0.2) is 0 Å². The van der Waals surface area contributed by atoms with Gasteiger partial charge < -0.3 is 10.6 Å². The van der Waals surface area contributed by atoms with Gasteiger partial charge in [0, 0.05) is 12.3 Å². The van der Waals surface area contributed by atoms with Crippen molar-refractivity contribution in [2.24, 2.45) is 11.6 Å². The van der Waals surface area contributed by atoms with Gasteiger partial charge >= 0.3 is 5.97 Å². The number of rotatable bonds is 1. The van der Waals surface area contributed by atoms with Gasteiger partial charge in [-0.2, -0.15) is 5.90 Å². The second-order valence-corrected chi connectivity index (χ2v) is 0.796. The first-order valence-corrected chi connectivity index (χ1v) is 1.60. The highest BCUT2D eigenvalue weighted by Gasteiger charge is 1.86. The molecule has 0 spiro atoms. The molecule has 0 aromatic carbocycles. The Balaban J connectivity index is 3.37. The molecule has 4 nitrogen and oxygen atoms in total. The molecule has 4 heteroatoms. The van der Waals surface area contributed by atoms with E-state index in [0.717, 1.165) is 12.3 Å². The Morgan fingerprint density at radius 2 is 2.29 bits per heavy atom. The van der Waals surface area contributed by atoms with E-state index in [4.69, 9.17) is 5.73 Å². The van der Waals surface area contributed by atoms with E-state index in [9.17, 15) is 4.79 Å². The average Bonchev–Trinajstić information content (AvgIpc) is 1.68. The highest BCUT2D eigenvalue weighted by molar-refractivity contribution is 5.81. The first kappa shape index (κ1) is 5.97. The molecule has 0 unspecified atom stereocenters. The molecule has 0 aliphatic carbocycles. The molecule has 0 aliphatic heterocycles. The molecule has 0 fully saturated rings. The number of carbonyl (C=O) groups is 1. The van der Waals surface area contributed by atoms with Crippen LogP contribution in [0, 0.1) is 0 Å². The van der Waals surface area contributed by atoms with Gasteiger partial charge in [0.2, 0.25) is 0 Å². The van der Waals surface area contributed by atoms with E-state index in [1.54, 1.807) is 0 Å². The van der Waals surface area contributed by atoms with Crippen LogP contribution in [0.25, 0.3) is 0 Å². The topological polar surface area (TPSA) is 78.3 Å². The molecule has 7 heavy (non-hydrogen) atoms. The second kappa shape index (κ2) is 3.17. The Hall–Kier alpha value is -1.03. The molecular formula is C3H6N2O2. The minimum atomic E-state index is -0.650. The van der Waals surface area contributed by atoms with Crippen molar-refractivity contribution in [3.8, 4) is 0 Å². The fraction of sp³-hybridized carbons (Fsp3) is 0. The summed E-state index contributed by atoms with van der Waals surface area (Å²) in [4.78, 5) is 13.6. The third-order valence-corrected chi connectivity index (χ3v) is 0.348. The lowest BCUT2D eigenvalue weighted by Gasteiger charge is -1.83. The molecule has 0 heterocycles. The largest absolute Gasteiger partial charge is 0.404 e. The van der Waals surface area contributed by atoms with E-state index < -0.39 is 5.97 Å². The van der Waals surface area contributed by atoms with Gasteiger partial charge in [-0.1, -0.05) is 0 Å². The van der Waals surface area contributed by atoms with Crippen LogP contribution in [0.1, 0.15) is 0 Å². The van der Waals surface area contributed by atoms with Crippen LogP contribution >= 0.6 is 0 Å². The fourth-order valence-electron chi connectivity index (χ4n) is 0.118. The third-order valence-electron chi connectivity index (χ3n) is 0.348. The zero-order valence-corrected chi connectivity index (χ0v) is 3.63. The first-order valence-electron chi connectivity index (χ1n) is 1.60. The van der Waals surface area contributed by atoms with Crippen LogP contribution in [-0.4, -0.2) is 5.97 Å². The zero-order chi connectivity index (χ0) is 5.70. The van der Waals surface area contributed by atoms with Gasteiger partial charge in [-0.3, -0.25) is 0 Å². The van der Waals surface area contributed by atoms with Crippen LogP contribution in [0.3, 0.4) is 0 Å². The lowest BCUT2D eigenvalue weighted by molar-refractivity contribution is -0.138. The van der Waals surface area contributed by atoms with Crippen LogP contribution in [0.15, 0.2) is 12.3 Å². The van der Waals surface area contributed by atoms with E-state index in [1.165, 1.54) is 0 Å². The number of nitrogens with two attached hydrogens (primary N) is 2. The smallest absolute Gasteiger partial charge is 0.350 e. The Kier molecular flexibility index (Phi) is 2.70. The van der Waals surface area contributed by atoms with E-state index in [1.807, 2.05) is 0 Å². The average molecular weight is 102 g/mol. The minimum absolute atomic E-state index is 0.650. The lowest BCUT2D eigenvalue weighted by atomic mass is 10.6. The summed E-state index contributed by atoms with van der Waals surface area (Å²) in [5.74, 6) is 3.75. The summed E-state index contributed by atoms with van der Waals surface area (Å²) in [5.41, 5.74) is 4.77. The maximum absolute atomic E-state index is 9.90. The van der Waals surface area contributed by atoms with Gasteiger partial charge in [0.25, 0.3) is 0 Å². The Morgan fingerprint density at radius 3 is 2.43 bits per heavy atom. The quantitative estimate of drug-likeness (QED) is 0.324. The molecular weight excluding hydrogens is 96.0 g/mol. The van der Waals surface area contributed by atoms with E-state index in [-0.39, 0.29) is 0 Å². The molecule has 0 saturated heterocycles. The summed E-state index contributed by atoms with van der Waals surface area (Å²) in [5, 5.41) is 0. The lowest BCUT2D eigenvalue weighted by Crippen LogP contribution is -2.06. The van der Waals surface area contributed by atoms with E-state index in [0.29, 0.717) is 0 Å². The van der Waals surface area contributed by atoms with Crippen LogP contribution in [0.5, 0.6) is 0 Å². The molecule has 0 atom stereocenters. The SMILES string of the molecule is N/C=C/C(=O)ON. The highest BCUT2D eigenvalue weighted by Crippen LogP contribution is 1.67. The maximum atomic E-state index is 9.90. The summed E-state index contributed by atoms with van der Waals surface area (Å²) in [6.07, 6.45) is 2.06. The van der Waals surface area contributed by atoms with E-state index >= 15 is 0 Å². The number of carbonyl (C=O) groups excluding carboxylic acids is 1. The molecule has 0 rings (SSSR count). The predicted octanol–water partition coefficient (Wildman–Crippen LogP) is -1.12. The van der Waals surface area contributed by atoms with Crippen molar-refractivity contribution in [1.29, 1.82) is 0 Å². The van der Waals surface area contributed by atoms with Crippen molar-refractivity contribution in [2.45, 2.75) is 0 Å². The van der Waals surface area contributed by atoms with Gasteiger partial charge in [0.1, 0.15) is 0 Å². The first-order chi connectivity index (χ1) is 3.31. The molecule has 0 aromatic heterocycles. The standard InChI is InChI=1S/C3H6N2O2/c4-2-1-3(6)7-5/h1-2H,4-5H2/b2-1+. The van der Waals surface area contributed by atoms with Crippen LogP contribution in [-0.2, 0) is 9.63 Å². The molecule has 0 radical (unpaired) electrons. The predicted molar refractivity (Wildman–Crippen MR) is 23.6 cm³/mol. The van der Waals surface area contributed by atoms with E-state index in [2.05, 4.69) is 10.7 Å². The molecule has 0 aromatic rings. The molecule has 0 amide bonds. The Morgan fingerprint density at radius 1 is 1.71 bits per heavy atom. The summed E-state index contributed by atoms with van der Waals surface area (Å²) >= 11 is 0. The fourth-order valence-corrected chi connectivity index (χ4v) is 0.118. The zero-order valence-electron chi connectivity index (χ0n) is 3.63. The number of hydrogen-bond donors (Lipinski definition) is 2. The Labute approximate surface area is 40.7 Å². The molecule has 40 valence electrons. The van der Waals surface area contributed by atoms with Crippen molar-refractivity contribution in [3.63, 3.8) is 0 Å².